The Morgan fingerprint density at radius 2 is 1.38 bits per heavy atom. The Balaban J connectivity index is 1.38. The van der Waals surface area contributed by atoms with Crippen LogP contribution in [0.2, 0.25) is 0 Å². The number of carbonyl (C=O) groups is 3. The normalized spacial score (nSPS) is 12.4. The molecule has 3 aromatic carbocycles. The van der Waals surface area contributed by atoms with E-state index in [0.29, 0.717) is 29.5 Å². The molecule has 0 N–H and O–H groups in total. The lowest BCUT2D eigenvalue weighted by molar-refractivity contribution is 0.0450. The highest BCUT2D eigenvalue weighted by molar-refractivity contribution is 6.34. The third-order valence-electron chi connectivity index (χ3n) is 5.17. The van der Waals surface area contributed by atoms with Crippen LogP contribution in [0.3, 0.4) is 0 Å². The fraction of sp³-hybridized carbons (Fsp3) is 0.192. The van der Waals surface area contributed by atoms with Gasteiger partial charge in [-0.15, -0.1) is 0 Å². The number of esters is 1. The molecule has 1 aliphatic rings. The molecule has 3 aromatic rings. The first kappa shape index (κ1) is 22.8. The number of hydrogen-bond acceptors (Lipinski definition) is 7. The Bertz CT molecular complexity index is 1200. The minimum atomic E-state index is -0.610. The molecule has 0 atom stereocenters. The molecule has 8 nitrogen and oxygen atoms in total. The second-order valence-electron chi connectivity index (χ2n) is 7.29. The highest BCUT2D eigenvalue weighted by atomic mass is 16.6. The lowest BCUT2D eigenvalue weighted by Crippen LogP contribution is -2.29. The third kappa shape index (κ3) is 4.71. The first-order valence-electron chi connectivity index (χ1n) is 10.7. The van der Waals surface area contributed by atoms with Gasteiger partial charge in [0.1, 0.15) is 30.5 Å². The van der Waals surface area contributed by atoms with Crippen LogP contribution in [0.5, 0.6) is 17.2 Å². The Labute approximate surface area is 196 Å². The summed E-state index contributed by atoms with van der Waals surface area (Å²) in [6, 6.07) is 18.0. The molecule has 0 aromatic heterocycles. The van der Waals surface area contributed by atoms with Gasteiger partial charge in [0.05, 0.1) is 36.1 Å². The van der Waals surface area contributed by atoms with Gasteiger partial charge >= 0.3 is 5.97 Å². The van der Waals surface area contributed by atoms with Crippen molar-refractivity contribution in [3.63, 3.8) is 0 Å². The van der Waals surface area contributed by atoms with E-state index in [4.69, 9.17) is 18.9 Å². The van der Waals surface area contributed by atoms with E-state index in [2.05, 4.69) is 0 Å². The monoisotopic (exact) mass is 461 g/mol. The minimum absolute atomic E-state index is 0.0210. The van der Waals surface area contributed by atoms with Crippen molar-refractivity contribution in [1.82, 2.24) is 0 Å². The van der Waals surface area contributed by atoms with E-state index in [1.807, 2.05) is 6.92 Å². The average molecular weight is 461 g/mol. The van der Waals surface area contributed by atoms with Crippen molar-refractivity contribution in [2.24, 2.45) is 0 Å². The number of ether oxygens (including phenoxy) is 4. The van der Waals surface area contributed by atoms with E-state index in [0.717, 1.165) is 4.90 Å². The van der Waals surface area contributed by atoms with Crippen LogP contribution in [0, 0.1) is 0 Å². The second kappa shape index (κ2) is 10.1. The van der Waals surface area contributed by atoms with Crippen molar-refractivity contribution in [1.29, 1.82) is 0 Å². The average Bonchev–Trinajstić information content (AvgIpc) is 3.12. The van der Waals surface area contributed by atoms with Crippen molar-refractivity contribution < 1.29 is 33.3 Å². The summed E-state index contributed by atoms with van der Waals surface area (Å²) in [5.41, 5.74) is 0.994. The number of hydrogen-bond donors (Lipinski definition) is 0. The number of amides is 2. The van der Waals surface area contributed by atoms with Crippen molar-refractivity contribution >= 4 is 23.5 Å². The molecule has 0 bridgehead atoms. The number of nitrogens with zero attached hydrogens (tertiary/aromatic N) is 1. The molecule has 0 spiro atoms. The standard InChI is InChI=1S/C26H23NO7/c1-3-32-20-7-5-18(6-8-20)27-24(28)22-13-4-17(16-23(22)25(27)29)26(30)34-15-14-33-21-11-9-19(31-2)10-12-21/h4-13,16H,3,14-15H2,1-2H3. The molecule has 34 heavy (non-hydrogen) atoms. The van der Waals surface area contributed by atoms with Crippen LogP contribution < -0.4 is 19.1 Å². The number of rotatable bonds is 9. The van der Waals surface area contributed by atoms with Crippen molar-refractivity contribution in [2.75, 3.05) is 31.8 Å². The first-order chi connectivity index (χ1) is 16.5. The number of anilines is 1. The molecule has 0 saturated carbocycles. The molecule has 0 aliphatic carbocycles. The van der Waals surface area contributed by atoms with E-state index in [1.54, 1.807) is 55.6 Å². The summed E-state index contributed by atoms with van der Waals surface area (Å²) in [6.07, 6.45) is 0. The maximum Gasteiger partial charge on any atom is 0.338 e. The van der Waals surface area contributed by atoms with Gasteiger partial charge in [-0.05, 0) is 73.7 Å². The smallest absolute Gasteiger partial charge is 0.338 e. The van der Waals surface area contributed by atoms with E-state index in [9.17, 15) is 14.4 Å². The zero-order valence-corrected chi connectivity index (χ0v) is 18.8. The van der Waals surface area contributed by atoms with Gasteiger partial charge in [0.25, 0.3) is 11.8 Å². The number of fused-ring (bicyclic) bond motifs is 1. The van der Waals surface area contributed by atoms with E-state index in [-0.39, 0.29) is 29.9 Å². The van der Waals surface area contributed by atoms with Crippen LogP contribution in [0.4, 0.5) is 5.69 Å². The van der Waals surface area contributed by atoms with E-state index >= 15 is 0 Å². The Morgan fingerprint density at radius 1 is 0.765 bits per heavy atom. The van der Waals surface area contributed by atoms with Gasteiger partial charge in [-0.3, -0.25) is 9.59 Å². The molecule has 0 unspecified atom stereocenters. The van der Waals surface area contributed by atoms with Gasteiger partial charge < -0.3 is 18.9 Å². The van der Waals surface area contributed by atoms with Crippen LogP contribution >= 0.6 is 0 Å². The maximum atomic E-state index is 12.9. The molecule has 0 saturated heterocycles. The molecular formula is C26H23NO7. The van der Waals surface area contributed by atoms with Gasteiger partial charge in [0.2, 0.25) is 0 Å². The maximum absolute atomic E-state index is 12.9. The largest absolute Gasteiger partial charge is 0.497 e. The summed E-state index contributed by atoms with van der Waals surface area (Å²) in [5, 5.41) is 0. The third-order valence-corrected chi connectivity index (χ3v) is 5.17. The van der Waals surface area contributed by atoms with Gasteiger partial charge in [-0.25, -0.2) is 9.69 Å². The molecule has 0 radical (unpaired) electrons. The lowest BCUT2D eigenvalue weighted by atomic mass is 10.1. The minimum Gasteiger partial charge on any atom is -0.497 e. The van der Waals surface area contributed by atoms with Gasteiger partial charge in [0.15, 0.2) is 0 Å². The number of imide groups is 1. The van der Waals surface area contributed by atoms with Crippen LogP contribution in [0.15, 0.2) is 66.7 Å². The summed E-state index contributed by atoms with van der Waals surface area (Å²) < 4.78 is 21.3. The summed E-state index contributed by atoms with van der Waals surface area (Å²) in [6.45, 7) is 2.56. The van der Waals surface area contributed by atoms with Crippen LogP contribution in [0.25, 0.3) is 0 Å². The SMILES string of the molecule is CCOc1ccc(N2C(=O)c3ccc(C(=O)OCCOc4ccc(OC)cc4)cc3C2=O)cc1. The highest BCUT2D eigenvalue weighted by Crippen LogP contribution is 2.30. The Kier molecular flexibility index (Phi) is 6.77. The molecule has 2 amide bonds. The van der Waals surface area contributed by atoms with Crippen LogP contribution in [-0.2, 0) is 4.74 Å². The summed E-state index contributed by atoms with van der Waals surface area (Å²) in [5.74, 6) is 0.417. The molecule has 0 fully saturated rings. The Morgan fingerprint density at radius 3 is 2.06 bits per heavy atom. The number of methoxy groups -OCH3 is 1. The van der Waals surface area contributed by atoms with Crippen molar-refractivity contribution in [3.05, 3.63) is 83.4 Å². The van der Waals surface area contributed by atoms with Crippen molar-refractivity contribution in [3.8, 4) is 17.2 Å². The molecule has 8 heteroatoms. The molecule has 174 valence electrons. The zero-order chi connectivity index (χ0) is 24.1. The van der Waals surface area contributed by atoms with Gasteiger partial charge in [-0.1, -0.05) is 0 Å². The quantitative estimate of drug-likeness (QED) is 0.269. The number of carbonyl (C=O) groups excluding carboxylic acids is 3. The summed E-state index contributed by atoms with van der Waals surface area (Å²) in [4.78, 5) is 39.3. The molecule has 4 rings (SSSR count). The topological polar surface area (TPSA) is 91.4 Å². The van der Waals surface area contributed by atoms with Gasteiger partial charge in [0, 0.05) is 0 Å². The highest BCUT2D eigenvalue weighted by Gasteiger charge is 2.37. The fourth-order valence-corrected chi connectivity index (χ4v) is 3.51. The summed E-state index contributed by atoms with van der Waals surface area (Å²) in [7, 11) is 1.58. The lowest BCUT2D eigenvalue weighted by Gasteiger charge is -2.14. The predicted octanol–water partition coefficient (Wildman–Crippen LogP) is 4.13. The molecule has 1 aliphatic heterocycles. The first-order valence-corrected chi connectivity index (χ1v) is 10.7. The molecular weight excluding hydrogens is 438 g/mol. The second-order valence-corrected chi connectivity index (χ2v) is 7.29. The fourth-order valence-electron chi connectivity index (χ4n) is 3.51. The zero-order valence-electron chi connectivity index (χ0n) is 18.8. The van der Waals surface area contributed by atoms with Crippen LogP contribution in [0.1, 0.15) is 38.0 Å². The van der Waals surface area contributed by atoms with E-state index < -0.39 is 17.8 Å². The Hall–Kier alpha value is -4.33. The van der Waals surface area contributed by atoms with Crippen molar-refractivity contribution in [2.45, 2.75) is 6.92 Å². The number of benzene rings is 3. The molecule has 1 heterocycles. The summed E-state index contributed by atoms with van der Waals surface area (Å²) >= 11 is 0. The van der Waals surface area contributed by atoms with E-state index in [1.165, 1.54) is 18.2 Å². The predicted molar refractivity (Wildman–Crippen MR) is 124 cm³/mol. The van der Waals surface area contributed by atoms with Gasteiger partial charge in [-0.2, -0.15) is 0 Å². The van der Waals surface area contributed by atoms with Crippen LogP contribution in [-0.4, -0.2) is 44.7 Å².